The lowest BCUT2D eigenvalue weighted by atomic mass is 9.91. The first-order chi connectivity index (χ1) is 38.7. The van der Waals surface area contributed by atoms with Crippen LogP contribution in [0.25, 0.3) is 176 Å². The quantitative estimate of drug-likeness (QED) is 0.172. The standard InChI is InChI=1S/C74H42N4/c1-3-17-61-50(14-1)64(44-24-27-52-57-19-7-11-43-12-8-20-59(71(43)57)65(52)37-44)41-68-55-29-26-46(39-70(55)77(73(61)68)47-32-35-75-36-33-47)49-30-31-60-66-38-45(25-28-53(66)58-22-9-21-56(49)72(58)60)63-40-67-54-16-5-6-23-69(54)78(48-13-10-34-76-42-48)74(67)62-18-4-2-15-51(62)63/h1-42H. The van der Waals surface area contributed by atoms with Crippen molar-refractivity contribution in [3.63, 3.8) is 0 Å². The van der Waals surface area contributed by atoms with Crippen LogP contribution >= 0.6 is 0 Å². The molecule has 0 saturated heterocycles. The molecule has 0 fully saturated rings. The first-order valence-electron chi connectivity index (χ1n) is 26.9. The molecule has 0 radical (unpaired) electrons. The van der Waals surface area contributed by atoms with Crippen LogP contribution in [0.1, 0.15) is 0 Å². The van der Waals surface area contributed by atoms with Gasteiger partial charge < -0.3 is 9.13 Å². The first-order valence-corrected chi connectivity index (χ1v) is 26.9. The number of benzene rings is 12. The van der Waals surface area contributed by atoms with E-state index < -0.39 is 0 Å². The van der Waals surface area contributed by atoms with Gasteiger partial charge in [-0.3, -0.25) is 9.97 Å². The minimum atomic E-state index is 1.06. The number of para-hydroxylation sites is 1. The van der Waals surface area contributed by atoms with Gasteiger partial charge in [-0.15, -0.1) is 0 Å². The molecule has 4 aromatic heterocycles. The van der Waals surface area contributed by atoms with Crippen molar-refractivity contribution in [2.24, 2.45) is 0 Å². The molecule has 0 unspecified atom stereocenters. The lowest BCUT2D eigenvalue weighted by Crippen LogP contribution is -1.95. The molecule has 4 nitrogen and oxygen atoms in total. The second-order valence-electron chi connectivity index (χ2n) is 21.2. The fourth-order valence-electron chi connectivity index (χ4n) is 14.1. The molecule has 18 rings (SSSR count). The molecule has 0 aliphatic heterocycles. The summed E-state index contributed by atoms with van der Waals surface area (Å²) >= 11 is 0. The topological polar surface area (TPSA) is 35.6 Å². The molecule has 4 heteroatoms. The zero-order valence-corrected chi connectivity index (χ0v) is 42.0. The Labute approximate surface area is 448 Å². The Morgan fingerprint density at radius 1 is 0.244 bits per heavy atom. The van der Waals surface area contributed by atoms with Gasteiger partial charge in [0, 0.05) is 56.6 Å². The first kappa shape index (κ1) is 41.9. The van der Waals surface area contributed by atoms with E-state index in [2.05, 4.69) is 244 Å². The largest absolute Gasteiger partial charge is 0.308 e. The van der Waals surface area contributed by atoms with Gasteiger partial charge in [-0.1, -0.05) is 170 Å². The van der Waals surface area contributed by atoms with Gasteiger partial charge in [-0.25, -0.2) is 0 Å². The number of aromatic nitrogens is 4. The van der Waals surface area contributed by atoms with Gasteiger partial charge in [-0.05, 0) is 171 Å². The molecule has 16 aromatic rings. The van der Waals surface area contributed by atoms with E-state index in [4.69, 9.17) is 0 Å². The van der Waals surface area contributed by atoms with Crippen LogP contribution in [0.4, 0.5) is 0 Å². The Morgan fingerprint density at radius 2 is 0.756 bits per heavy atom. The number of hydrogen-bond donors (Lipinski definition) is 0. The molecule has 358 valence electrons. The predicted molar refractivity (Wildman–Crippen MR) is 326 cm³/mol. The van der Waals surface area contributed by atoms with E-state index >= 15 is 0 Å². The fraction of sp³-hybridized carbons (Fsp3) is 0. The maximum Gasteiger partial charge on any atom is 0.0645 e. The summed E-state index contributed by atoms with van der Waals surface area (Å²) in [5, 5.41) is 15.0. The summed E-state index contributed by atoms with van der Waals surface area (Å²) in [6.07, 6.45) is 7.62. The zero-order chi connectivity index (χ0) is 50.7. The van der Waals surface area contributed by atoms with E-state index in [0.29, 0.717) is 0 Å². The molecule has 12 aromatic carbocycles. The number of fused-ring (bicyclic) bond motifs is 16. The van der Waals surface area contributed by atoms with Crippen LogP contribution in [0.3, 0.4) is 0 Å². The van der Waals surface area contributed by atoms with Crippen molar-refractivity contribution in [2.45, 2.75) is 0 Å². The van der Waals surface area contributed by atoms with Crippen LogP contribution in [-0.4, -0.2) is 19.1 Å². The fourth-order valence-corrected chi connectivity index (χ4v) is 14.1. The highest BCUT2D eigenvalue weighted by atomic mass is 15.0. The van der Waals surface area contributed by atoms with Crippen LogP contribution < -0.4 is 0 Å². The second-order valence-corrected chi connectivity index (χ2v) is 21.2. The van der Waals surface area contributed by atoms with Crippen LogP contribution in [0.5, 0.6) is 0 Å². The number of rotatable bonds is 5. The second kappa shape index (κ2) is 15.6. The maximum absolute atomic E-state index is 4.54. The highest BCUT2D eigenvalue weighted by Gasteiger charge is 2.27. The molecule has 0 saturated carbocycles. The molecule has 0 bridgehead atoms. The molecule has 2 aliphatic rings. The van der Waals surface area contributed by atoms with Crippen LogP contribution in [0.15, 0.2) is 255 Å². The van der Waals surface area contributed by atoms with Crippen molar-refractivity contribution in [1.29, 1.82) is 0 Å². The van der Waals surface area contributed by atoms with Gasteiger partial charge in [0.05, 0.1) is 34.0 Å². The minimum Gasteiger partial charge on any atom is -0.308 e. The van der Waals surface area contributed by atoms with Crippen LogP contribution in [-0.2, 0) is 0 Å². The third kappa shape index (κ3) is 5.62. The molecule has 0 N–H and O–H groups in total. The molecular weight excluding hydrogens is 945 g/mol. The van der Waals surface area contributed by atoms with Gasteiger partial charge in [-0.2, -0.15) is 0 Å². The summed E-state index contributed by atoms with van der Waals surface area (Å²) in [6.45, 7) is 0. The summed E-state index contributed by atoms with van der Waals surface area (Å²) in [6, 6.07) is 86.3. The Kier molecular flexibility index (Phi) is 8.36. The highest BCUT2D eigenvalue weighted by Crippen LogP contribution is 2.53. The van der Waals surface area contributed by atoms with Gasteiger partial charge in [0.15, 0.2) is 0 Å². The third-order valence-electron chi connectivity index (χ3n) is 17.3. The number of nitrogens with zero attached hydrogens (tertiary/aromatic N) is 4. The van der Waals surface area contributed by atoms with Crippen molar-refractivity contribution in [3.05, 3.63) is 255 Å². The van der Waals surface area contributed by atoms with Crippen molar-refractivity contribution in [2.75, 3.05) is 0 Å². The third-order valence-corrected chi connectivity index (χ3v) is 17.3. The van der Waals surface area contributed by atoms with E-state index in [0.717, 1.165) is 16.9 Å². The minimum absolute atomic E-state index is 1.06. The monoisotopic (exact) mass is 986 g/mol. The average molecular weight is 987 g/mol. The molecule has 0 amide bonds. The molecular formula is C74H42N4. The van der Waals surface area contributed by atoms with Crippen LogP contribution in [0.2, 0.25) is 0 Å². The Bertz CT molecular complexity index is 5310. The molecule has 0 spiro atoms. The lowest BCUT2D eigenvalue weighted by Gasteiger charge is -2.14. The maximum atomic E-state index is 4.54. The van der Waals surface area contributed by atoms with Gasteiger partial charge in [0.1, 0.15) is 0 Å². The van der Waals surface area contributed by atoms with Crippen molar-refractivity contribution in [3.8, 4) is 89.3 Å². The smallest absolute Gasteiger partial charge is 0.0645 e. The van der Waals surface area contributed by atoms with E-state index in [1.807, 2.05) is 30.9 Å². The number of pyridine rings is 2. The normalized spacial score (nSPS) is 12.4. The van der Waals surface area contributed by atoms with Crippen molar-refractivity contribution < 1.29 is 0 Å². The van der Waals surface area contributed by atoms with Gasteiger partial charge >= 0.3 is 0 Å². The summed E-state index contributed by atoms with van der Waals surface area (Å²) in [5.74, 6) is 0. The molecule has 2 aliphatic carbocycles. The highest BCUT2D eigenvalue weighted by molar-refractivity contribution is 6.26. The van der Waals surface area contributed by atoms with Crippen LogP contribution in [0, 0.1) is 0 Å². The van der Waals surface area contributed by atoms with E-state index in [-0.39, 0.29) is 0 Å². The summed E-state index contributed by atoms with van der Waals surface area (Å²) in [7, 11) is 0. The number of hydrogen-bond acceptors (Lipinski definition) is 2. The lowest BCUT2D eigenvalue weighted by molar-refractivity contribution is 1.15. The molecule has 78 heavy (non-hydrogen) atoms. The van der Waals surface area contributed by atoms with Gasteiger partial charge in [0.2, 0.25) is 0 Å². The summed E-state index contributed by atoms with van der Waals surface area (Å²) in [4.78, 5) is 9.02. The zero-order valence-electron chi connectivity index (χ0n) is 42.0. The van der Waals surface area contributed by atoms with E-state index in [1.165, 1.54) is 159 Å². The van der Waals surface area contributed by atoms with E-state index in [9.17, 15) is 0 Å². The molecule has 0 atom stereocenters. The van der Waals surface area contributed by atoms with Gasteiger partial charge in [0.25, 0.3) is 0 Å². The SMILES string of the molecule is c1cncc(-n2c3ccccc3c3cc(-c4ccc5c(c4)-c4ccc(-c6ccc7c8cc(-c9ccc%10c(c9)-c9cccc%11cccc-%10c9%11)c9ccccc9c8n(-c8ccncc8)c7c6)c6cccc-5c46)c4ccccc4c32)c1. The Balaban J connectivity index is 0.804. The Morgan fingerprint density at radius 3 is 1.42 bits per heavy atom. The van der Waals surface area contributed by atoms with Crippen molar-refractivity contribution >= 4 is 86.7 Å². The van der Waals surface area contributed by atoms with E-state index in [1.54, 1.807) is 0 Å². The Hall–Kier alpha value is -10.4. The molecule has 4 heterocycles. The van der Waals surface area contributed by atoms with Crippen molar-refractivity contribution in [1.82, 2.24) is 19.1 Å². The summed E-state index contributed by atoms with van der Waals surface area (Å²) < 4.78 is 4.85. The average Bonchev–Trinajstić information content (AvgIpc) is 4.36. The predicted octanol–water partition coefficient (Wildman–Crippen LogP) is 19.6. The summed E-state index contributed by atoms with van der Waals surface area (Å²) in [5.41, 5.74) is 24.5.